The van der Waals surface area contributed by atoms with Crippen LogP contribution in [0, 0.1) is 0 Å². The maximum atomic E-state index is 4.59. The lowest BCUT2D eigenvalue weighted by atomic mass is 10.2. The van der Waals surface area contributed by atoms with Crippen molar-refractivity contribution in [1.82, 2.24) is 19.8 Å². The number of benzene rings is 1. The van der Waals surface area contributed by atoms with E-state index in [-0.39, 0.29) is 0 Å². The van der Waals surface area contributed by atoms with E-state index in [1.807, 2.05) is 36.4 Å². The molecule has 0 aliphatic heterocycles. The van der Waals surface area contributed by atoms with E-state index in [1.165, 1.54) is 16.2 Å². The highest BCUT2D eigenvalue weighted by Gasteiger charge is 2.12. The van der Waals surface area contributed by atoms with Gasteiger partial charge in [-0.3, -0.25) is 0 Å². The molecule has 4 rings (SSSR count). The van der Waals surface area contributed by atoms with Crippen LogP contribution in [0.15, 0.2) is 46.3 Å². The lowest BCUT2D eigenvalue weighted by Gasteiger charge is -1.97. The first kappa shape index (κ1) is 13.8. The second kappa shape index (κ2) is 5.75. The monoisotopic (exact) mass is 388 g/mol. The summed E-state index contributed by atoms with van der Waals surface area (Å²) in [6.07, 6.45) is 4.07. The van der Waals surface area contributed by atoms with Crippen LogP contribution in [0.3, 0.4) is 0 Å². The quantitative estimate of drug-likeness (QED) is 0.503. The molecule has 0 spiro atoms. The van der Waals surface area contributed by atoms with Gasteiger partial charge in [-0.15, -0.1) is 21.5 Å². The van der Waals surface area contributed by atoms with Gasteiger partial charge in [0.05, 0.1) is 0 Å². The Bertz CT molecular complexity index is 953. The third-order valence-corrected chi connectivity index (χ3v) is 5.22. The predicted octanol–water partition coefficient (Wildman–Crippen LogP) is 4.85. The maximum Gasteiger partial charge on any atom is 0.235 e. The zero-order valence-electron chi connectivity index (χ0n) is 11.2. The van der Waals surface area contributed by atoms with E-state index in [0.29, 0.717) is 0 Å². The summed E-state index contributed by atoms with van der Waals surface area (Å²) in [5.74, 6) is 0.753. The van der Waals surface area contributed by atoms with Crippen molar-refractivity contribution in [3.63, 3.8) is 0 Å². The summed E-state index contributed by atoms with van der Waals surface area (Å²) in [7, 11) is 0. The molecule has 7 heteroatoms. The Balaban J connectivity index is 1.73. The van der Waals surface area contributed by atoms with Gasteiger partial charge in [0.2, 0.25) is 4.96 Å². The van der Waals surface area contributed by atoms with E-state index in [9.17, 15) is 0 Å². The molecule has 0 aliphatic rings. The molecular weight excluding hydrogens is 380 g/mol. The SMILES string of the molecule is Brc1cccc(-c2nnc3sc(C=Cc4cccs4)nn23)c1. The molecule has 0 fully saturated rings. The largest absolute Gasteiger partial charge is 0.235 e. The van der Waals surface area contributed by atoms with E-state index in [4.69, 9.17) is 0 Å². The number of fused-ring (bicyclic) bond motifs is 1. The van der Waals surface area contributed by atoms with Gasteiger partial charge in [-0.2, -0.15) is 9.61 Å². The van der Waals surface area contributed by atoms with Gasteiger partial charge in [0.25, 0.3) is 0 Å². The summed E-state index contributed by atoms with van der Waals surface area (Å²) in [4.78, 5) is 2.00. The third-order valence-electron chi connectivity index (χ3n) is 3.02. The fourth-order valence-corrected chi connectivity index (χ4v) is 3.80. The standard InChI is InChI=1S/C15H9BrN4S2/c16-11-4-1-3-10(9-11)14-17-18-15-20(14)19-13(22-15)7-6-12-5-2-8-21-12/h1-9H. The summed E-state index contributed by atoms with van der Waals surface area (Å²) in [6.45, 7) is 0. The molecule has 22 heavy (non-hydrogen) atoms. The third kappa shape index (κ3) is 2.63. The summed E-state index contributed by atoms with van der Waals surface area (Å²) in [6, 6.07) is 12.1. The lowest BCUT2D eigenvalue weighted by molar-refractivity contribution is 0.959. The summed E-state index contributed by atoms with van der Waals surface area (Å²) in [5.41, 5.74) is 0.987. The molecule has 0 bridgehead atoms. The molecule has 1 aromatic carbocycles. The van der Waals surface area contributed by atoms with Crippen molar-refractivity contribution < 1.29 is 0 Å². The minimum Gasteiger partial charge on any atom is -0.182 e. The van der Waals surface area contributed by atoms with Crippen LogP contribution in [0.5, 0.6) is 0 Å². The van der Waals surface area contributed by atoms with Crippen LogP contribution in [0.1, 0.15) is 9.88 Å². The van der Waals surface area contributed by atoms with Crippen LogP contribution < -0.4 is 0 Å². The number of rotatable bonds is 3. The normalized spacial score (nSPS) is 11.7. The van der Waals surface area contributed by atoms with E-state index in [1.54, 1.807) is 15.9 Å². The van der Waals surface area contributed by atoms with Crippen molar-refractivity contribution in [1.29, 1.82) is 0 Å². The smallest absolute Gasteiger partial charge is 0.182 e. The number of thiophene rings is 1. The maximum absolute atomic E-state index is 4.59. The first-order valence-corrected chi connectivity index (χ1v) is 8.98. The second-order valence-electron chi connectivity index (χ2n) is 4.52. The molecule has 3 heterocycles. The number of halogens is 1. The Hall–Kier alpha value is -1.83. The topological polar surface area (TPSA) is 43.1 Å². The molecule has 108 valence electrons. The summed E-state index contributed by atoms with van der Waals surface area (Å²) >= 11 is 6.70. The molecule has 0 saturated carbocycles. The Kier molecular flexibility index (Phi) is 3.61. The van der Waals surface area contributed by atoms with Crippen molar-refractivity contribution >= 4 is 55.7 Å². The average molecular weight is 389 g/mol. The summed E-state index contributed by atoms with van der Waals surface area (Å²) in [5, 5.41) is 16.0. The van der Waals surface area contributed by atoms with Crippen LogP contribution in [0.25, 0.3) is 28.5 Å². The molecule has 0 N–H and O–H groups in total. The molecule has 0 saturated heterocycles. The number of hydrogen-bond donors (Lipinski definition) is 0. The number of aromatic nitrogens is 4. The van der Waals surface area contributed by atoms with Crippen LogP contribution in [0.2, 0.25) is 0 Å². The molecule has 4 nitrogen and oxygen atoms in total. The molecule has 0 aliphatic carbocycles. The van der Waals surface area contributed by atoms with E-state index in [2.05, 4.69) is 48.7 Å². The predicted molar refractivity (Wildman–Crippen MR) is 95.0 cm³/mol. The van der Waals surface area contributed by atoms with Crippen LogP contribution in [0.4, 0.5) is 0 Å². The van der Waals surface area contributed by atoms with Gasteiger partial charge in [0.1, 0.15) is 5.01 Å². The number of nitrogens with zero attached hydrogens (tertiary/aromatic N) is 4. The van der Waals surface area contributed by atoms with Gasteiger partial charge in [-0.05, 0) is 35.7 Å². The van der Waals surface area contributed by atoms with Crippen molar-refractivity contribution in [3.05, 3.63) is 56.1 Å². The Morgan fingerprint density at radius 2 is 2.05 bits per heavy atom. The molecule has 4 aromatic rings. The van der Waals surface area contributed by atoms with Crippen LogP contribution >= 0.6 is 38.6 Å². The summed E-state index contributed by atoms with van der Waals surface area (Å²) < 4.78 is 2.80. The van der Waals surface area contributed by atoms with Crippen LogP contribution in [-0.2, 0) is 0 Å². The van der Waals surface area contributed by atoms with Crippen molar-refractivity contribution in [2.24, 2.45) is 0 Å². The van der Waals surface area contributed by atoms with E-state index < -0.39 is 0 Å². The van der Waals surface area contributed by atoms with Gasteiger partial charge < -0.3 is 0 Å². The van der Waals surface area contributed by atoms with E-state index >= 15 is 0 Å². The van der Waals surface area contributed by atoms with Crippen molar-refractivity contribution in [3.8, 4) is 11.4 Å². The first-order valence-electron chi connectivity index (χ1n) is 6.49. The highest BCUT2D eigenvalue weighted by Crippen LogP contribution is 2.25. The lowest BCUT2D eigenvalue weighted by Crippen LogP contribution is -1.90. The average Bonchev–Trinajstić information content (AvgIpc) is 3.22. The van der Waals surface area contributed by atoms with Gasteiger partial charge >= 0.3 is 0 Å². The highest BCUT2D eigenvalue weighted by molar-refractivity contribution is 9.10. The molecule has 0 atom stereocenters. The molecule has 0 amide bonds. The van der Waals surface area contributed by atoms with Crippen molar-refractivity contribution in [2.75, 3.05) is 0 Å². The first-order chi connectivity index (χ1) is 10.8. The number of hydrogen-bond acceptors (Lipinski definition) is 5. The van der Waals surface area contributed by atoms with E-state index in [0.717, 1.165) is 25.8 Å². The van der Waals surface area contributed by atoms with Crippen molar-refractivity contribution in [2.45, 2.75) is 0 Å². The van der Waals surface area contributed by atoms with Crippen LogP contribution in [-0.4, -0.2) is 19.8 Å². The minimum atomic E-state index is 0.753. The molecule has 0 unspecified atom stereocenters. The molecular formula is C15H9BrN4S2. The highest BCUT2D eigenvalue weighted by atomic mass is 79.9. The zero-order valence-corrected chi connectivity index (χ0v) is 14.4. The molecule has 3 aromatic heterocycles. The van der Waals surface area contributed by atoms with Gasteiger partial charge in [-0.25, -0.2) is 0 Å². The second-order valence-corrected chi connectivity index (χ2v) is 7.40. The fourth-order valence-electron chi connectivity index (χ4n) is 2.05. The Morgan fingerprint density at radius 1 is 1.09 bits per heavy atom. The Labute approximate surface area is 142 Å². The fraction of sp³-hybridized carbons (Fsp3) is 0. The van der Waals surface area contributed by atoms with Gasteiger partial charge in [0.15, 0.2) is 5.82 Å². The van der Waals surface area contributed by atoms with Gasteiger partial charge in [0, 0.05) is 14.9 Å². The van der Waals surface area contributed by atoms with Gasteiger partial charge in [-0.1, -0.05) is 45.5 Å². The molecule has 0 radical (unpaired) electrons. The zero-order chi connectivity index (χ0) is 14.9. The Morgan fingerprint density at radius 3 is 2.86 bits per heavy atom. The minimum absolute atomic E-state index is 0.753.